The maximum Gasteiger partial charge on any atom is 0.141 e. The van der Waals surface area contributed by atoms with E-state index in [1.54, 1.807) is 0 Å². The molecular formula is C9H7ClFN. The molecule has 0 aliphatic heterocycles. The highest BCUT2D eigenvalue weighted by Crippen LogP contribution is 2.19. The Bertz CT molecular complexity index is 330. The molecule has 0 saturated carbocycles. The molecule has 0 bridgehead atoms. The smallest absolute Gasteiger partial charge is 0.141 e. The van der Waals surface area contributed by atoms with E-state index in [4.69, 9.17) is 23.8 Å². The van der Waals surface area contributed by atoms with Gasteiger partial charge in [0.25, 0.3) is 0 Å². The third kappa shape index (κ3) is 1.76. The number of benzene rings is 1. The second kappa shape index (κ2) is 3.57. The monoisotopic (exact) mass is 183 g/mol. The van der Waals surface area contributed by atoms with Crippen LogP contribution in [0.4, 0.5) is 4.39 Å². The highest BCUT2D eigenvalue weighted by atomic mass is 35.5. The Morgan fingerprint density at radius 2 is 2.25 bits per heavy atom. The second-order valence-corrected chi connectivity index (χ2v) is 2.73. The van der Waals surface area contributed by atoms with Crippen LogP contribution in [0.25, 0.3) is 0 Å². The molecule has 0 aromatic heterocycles. The van der Waals surface area contributed by atoms with Gasteiger partial charge in [-0.15, -0.1) is 6.42 Å². The van der Waals surface area contributed by atoms with Crippen LogP contribution in [0.15, 0.2) is 18.2 Å². The summed E-state index contributed by atoms with van der Waals surface area (Å²) in [5, 5.41) is 0.0400. The average Bonchev–Trinajstić information content (AvgIpc) is 2.08. The Hall–Kier alpha value is -1.04. The quantitative estimate of drug-likeness (QED) is 0.664. The van der Waals surface area contributed by atoms with Gasteiger partial charge in [0.1, 0.15) is 5.82 Å². The van der Waals surface area contributed by atoms with Crippen molar-refractivity contribution in [2.45, 2.75) is 6.04 Å². The molecule has 12 heavy (non-hydrogen) atoms. The van der Waals surface area contributed by atoms with Crippen LogP contribution in [0, 0.1) is 18.2 Å². The fraction of sp³-hybridized carbons (Fsp3) is 0.111. The van der Waals surface area contributed by atoms with Gasteiger partial charge in [0.05, 0.1) is 11.1 Å². The molecule has 1 nitrogen and oxygen atoms in total. The fourth-order valence-electron chi connectivity index (χ4n) is 0.802. The van der Waals surface area contributed by atoms with Gasteiger partial charge in [-0.1, -0.05) is 23.6 Å². The van der Waals surface area contributed by atoms with Crippen LogP contribution in [-0.2, 0) is 0 Å². The summed E-state index contributed by atoms with van der Waals surface area (Å²) >= 11 is 5.52. The first-order valence-electron chi connectivity index (χ1n) is 3.32. The molecule has 1 aromatic carbocycles. The van der Waals surface area contributed by atoms with Crippen LogP contribution < -0.4 is 5.73 Å². The number of nitrogens with two attached hydrogens (primary N) is 1. The molecule has 0 aliphatic rings. The predicted octanol–water partition coefficient (Wildman–Crippen LogP) is 2.11. The SMILES string of the molecule is C#CC(N)c1ccc(F)c(Cl)c1. The van der Waals surface area contributed by atoms with E-state index >= 15 is 0 Å². The zero-order chi connectivity index (χ0) is 9.14. The second-order valence-electron chi connectivity index (χ2n) is 2.32. The first-order valence-corrected chi connectivity index (χ1v) is 3.69. The van der Waals surface area contributed by atoms with Gasteiger partial charge in [-0.2, -0.15) is 0 Å². The summed E-state index contributed by atoms with van der Waals surface area (Å²) in [6.07, 6.45) is 5.08. The maximum absolute atomic E-state index is 12.6. The van der Waals surface area contributed by atoms with Gasteiger partial charge in [0.2, 0.25) is 0 Å². The highest BCUT2D eigenvalue weighted by Gasteiger charge is 2.05. The molecule has 62 valence electrons. The molecule has 0 amide bonds. The lowest BCUT2D eigenvalue weighted by molar-refractivity contribution is 0.627. The first kappa shape index (κ1) is 9.05. The Balaban J connectivity index is 3.06. The van der Waals surface area contributed by atoms with Crippen molar-refractivity contribution in [2.24, 2.45) is 5.73 Å². The summed E-state index contributed by atoms with van der Waals surface area (Å²) in [4.78, 5) is 0. The first-order chi connectivity index (χ1) is 5.65. The van der Waals surface area contributed by atoms with E-state index in [2.05, 4.69) is 5.92 Å². The maximum atomic E-state index is 12.6. The molecule has 1 rings (SSSR count). The normalized spacial score (nSPS) is 12.2. The van der Waals surface area contributed by atoms with Gasteiger partial charge in [-0.05, 0) is 17.7 Å². The average molecular weight is 184 g/mol. The van der Waals surface area contributed by atoms with Gasteiger partial charge in [-0.3, -0.25) is 0 Å². The van der Waals surface area contributed by atoms with Crippen molar-refractivity contribution in [3.8, 4) is 12.3 Å². The van der Waals surface area contributed by atoms with Gasteiger partial charge in [0.15, 0.2) is 0 Å². The van der Waals surface area contributed by atoms with Crippen molar-refractivity contribution in [1.29, 1.82) is 0 Å². The number of hydrogen-bond donors (Lipinski definition) is 1. The zero-order valence-corrected chi connectivity index (χ0v) is 6.98. The number of hydrogen-bond acceptors (Lipinski definition) is 1. The molecule has 0 fully saturated rings. The zero-order valence-electron chi connectivity index (χ0n) is 6.22. The number of halogens is 2. The Morgan fingerprint density at radius 1 is 1.58 bits per heavy atom. The minimum Gasteiger partial charge on any atom is -0.314 e. The minimum absolute atomic E-state index is 0.0400. The third-order valence-corrected chi connectivity index (χ3v) is 1.77. The Kier molecular flexibility index (Phi) is 2.69. The van der Waals surface area contributed by atoms with Crippen molar-refractivity contribution in [1.82, 2.24) is 0 Å². The van der Waals surface area contributed by atoms with E-state index in [1.165, 1.54) is 18.2 Å². The van der Waals surface area contributed by atoms with Gasteiger partial charge >= 0.3 is 0 Å². The molecule has 3 heteroatoms. The van der Waals surface area contributed by atoms with Crippen LogP contribution in [-0.4, -0.2) is 0 Å². The summed E-state index contributed by atoms with van der Waals surface area (Å²) in [6, 6.07) is 3.67. The van der Waals surface area contributed by atoms with Crippen LogP contribution in [0.1, 0.15) is 11.6 Å². The molecular weight excluding hydrogens is 177 g/mol. The summed E-state index contributed by atoms with van der Waals surface area (Å²) < 4.78 is 12.6. The lowest BCUT2D eigenvalue weighted by atomic mass is 10.1. The summed E-state index contributed by atoms with van der Waals surface area (Å²) in [7, 11) is 0. The van der Waals surface area contributed by atoms with E-state index in [1.807, 2.05) is 0 Å². The van der Waals surface area contributed by atoms with E-state index in [0.717, 1.165) is 0 Å². The number of terminal acetylenes is 1. The molecule has 0 heterocycles. The third-order valence-electron chi connectivity index (χ3n) is 1.48. The molecule has 0 aliphatic carbocycles. The van der Waals surface area contributed by atoms with Gasteiger partial charge < -0.3 is 5.73 Å². The lowest BCUT2D eigenvalue weighted by Gasteiger charge is -2.04. The molecule has 1 atom stereocenters. The van der Waals surface area contributed by atoms with E-state index in [0.29, 0.717) is 5.56 Å². The fourth-order valence-corrected chi connectivity index (χ4v) is 0.991. The minimum atomic E-state index is -0.525. The molecule has 2 N–H and O–H groups in total. The van der Waals surface area contributed by atoms with Crippen LogP contribution in [0.3, 0.4) is 0 Å². The van der Waals surface area contributed by atoms with Crippen molar-refractivity contribution in [3.05, 3.63) is 34.6 Å². The molecule has 0 spiro atoms. The van der Waals surface area contributed by atoms with E-state index in [-0.39, 0.29) is 5.02 Å². The molecule has 1 unspecified atom stereocenters. The molecule has 1 aromatic rings. The highest BCUT2D eigenvalue weighted by molar-refractivity contribution is 6.30. The Labute approximate surface area is 75.3 Å². The Morgan fingerprint density at radius 3 is 2.75 bits per heavy atom. The summed E-state index contributed by atoms with van der Waals surface area (Å²) in [5.74, 6) is 1.86. The van der Waals surface area contributed by atoms with Crippen LogP contribution in [0.2, 0.25) is 5.02 Å². The van der Waals surface area contributed by atoms with Crippen LogP contribution in [0.5, 0.6) is 0 Å². The van der Waals surface area contributed by atoms with Crippen LogP contribution >= 0.6 is 11.6 Å². The van der Waals surface area contributed by atoms with E-state index < -0.39 is 11.9 Å². The molecule has 0 saturated heterocycles. The van der Waals surface area contributed by atoms with E-state index in [9.17, 15) is 4.39 Å². The van der Waals surface area contributed by atoms with Crippen molar-refractivity contribution in [3.63, 3.8) is 0 Å². The van der Waals surface area contributed by atoms with Crippen molar-refractivity contribution >= 4 is 11.6 Å². The molecule has 0 radical (unpaired) electrons. The predicted molar refractivity (Wildman–Crippen MR) is 47.2 cm³/mol. The largest absolute Gasteiger partial charge is 0.314 e. The van der Waals surface area contributed by atoms with Gasteiger partial charge in [-0.25, -0.2) is 4.39 Å². The standard InChI is InChI=1S/C9H7ClFN/c1-2-9(12)6-3-4-8(11)7(10)5-6/h1,3-5,9H,12H2. The summed E-state index contributed by atoms with van der Waals surface area (Å²) in [6.45, 7) is 0. The van der Waals surface area contributed by atoms with Gasteiger partial charge in [0, 0.05) is 0 Å². The van der Waals surface area contributed by atoms with Crippen molar-refractivity contribution in [2.75, 3.05) is 0 Å². The van der Waals surface area contributed by atoms with Crippen molar-refractivity contribution < 1.29 is 4.39 Å². The lowest BCUT2D eigenvalue weighted by Crippen LogP contribution is -2.06. The topological polar surface area (TPSA) is 26.0 Å². The number of rotatable bonds is 1. The summed E-state index contributed by atoms with van der Waals surface area (Å²) in [5.41, 5.74) is 6.14.